The van der Waals surface area contributed by atoms with E-state index in [2.05, 4.69) is 62.8 Å². The molecule has 14 heteroatoms. The predicted molar refractivity (Wildman–Crippen MR) is 190 cm³/mol. The standard InChI is InChI=1S/C11H14N2.C9H18N2O3Si.C9H12N2O2.C5H6N2/c1-2-3-8-13-9-12-10-6-4-5-7-11(10)13;1-12-15(13-2,14-3)8-4-6-11-7-5-10-9-11;1-8(2)9(12)13-6-5-11-4-3-10-7-11;1-2-7-4-3-6-5-7/h4-7,9H,2-3,8H2,1H3;5,7,9H,4,6,8H2,1-3H3;3-4,7H,1,5-6H2,2H3;2-5H,1H2. The molecule has 0 aliphatic heterocycles. The molecule has 0 radical (unpaired) electrons. The first-order valence-corrected chi connectivity index (χ1v) is 17.6. The highest BCUT2D eigenvalue weighted by molar-refractivity contribution is 6.60. The number of fused-ring (bicyclic) bond motifs is 1. The molecule has 0 atom stereocenters. The van der Waals surface area contributed by atoms with E-state index >= 15 is 0 Å². The minimum Gasteiger partial charge on any atom is -0.460 e. The summed E-state index contributed by atoms with van der Waals surface area (Å²) in [5.41, 5.74) is 2.76. The maximum absolute atomic E-state index is 10.9. The van der Waals surface area contributed by atoms with Gasteiger partial charge < -0.3 is 36.3 Å². The summed E-state index contributed by atoms with van der Waals surface area (Å²) in [6, 6.07) is 9.08. The molecule has 5 aromatic rings. The largest absolute Gasteiger partial charge is 0.500 e. The molecule has 0 bridgehead atoms. The van der Waals surface area contributed by atoms with Crippen molar-refractivity contribution in [3.8, 4) is 0 Å². The zero-order valence-electron chi connectivity index (χ0n) is 28.9. The molecular weight excluding hydrogens is 629 g/mol. The van der Waals surface area contributed by atoms with Crippen molar-refractivity contribution in [1.29, 1.82) is 0 Å². The number of ether oxygens (including phenoxy) is 1. The minimum absolute atomic E-state index is 0.347. The van der Waals surface area contributed by atoms with Crippen molar-refractivity contribution in [2.45, 2.75) is 58.8 Å². The molecule has 4 aromatic heterocycles. The number of carbonyl (C=O) groups is 1. The van der Waals surface area contributed by atoms with Gasteiger partial charge in [-0.15, -0.1) is 0 Å². The number of benzene rings is 1. The average molecular weight is 679 g/mol. The number of aryl methyl sites for hydroxylation is 2. The molecule has 260 valence electrons. The molecule has 0 amide bonds. The Hall–Kier alpha value is -4.63. The van der Waals surface area contributed by atoms with Crippen molar-refractivity contribution in [2.75, 3.05) is 27.9 Å². The first-order valence-electron chi connectivity index (χ1n) is 15.7. The molecule has 0 N–H and O–H groups in total. The lowest BCUT2D eigenvalue weighted by Crippen LogP contribution is -2.42. The number of imidazole rings is 4. The van der Waals surface area contributed by atoms with Gasteiger partial charge in [0.1, 0.15) is 6.61 Å². The number of carbonyl (C=O) groups excluding carboxylic acids is 1. The summed E-state index contributed by atoms with van der Waals surface area (Å²) >= 11 is 0. The molecule has 48 heavy (non-hydrogen) atoms. The number of hydrogen-bond acceptors (Lipinski definition) is 9. The minimum atomic E-state index is -2.38. The zero-order chi connectivity index (χ0) is 35.0. The van der Waals surface area contributed by atoms with Gasteiger partial charge in [0.25, 0.3) is 0 Å². The highest BCUT2D eigenvalue weighted by atomic mass is 28.4. The van der Waals surface area contributed by atoms with Gasteiger partial charge in [0.2, 0.25) is 0 Å². The van der Waals surface area contributed by atoms with E-state index < -0.39 is 8.80 Å². The van der Waals surface area contributed by atoms with Gasteiger partial charge >= 0.3 is 14.8 Å². The fraction of sp³-hybridized carbons (Fsp3) is 0.382. The number of rotatable bonds is 15. The maximum Gasteiger partial charge on any atom is 0.500 e. The SMILES string of the molecule is C=C(C)C(=O)OCCn1ccnc1.C=Cn1ccnc1.CCCCn1cnc2ccccc21.CO[Si](CCCn1ccnc1)(OC)OC. The van der Waals surface area contributed by atoms with Crippen molar-refractivity contribution >= 4 is 32.0 Å². The van der Waals surface area contributed by atoms with Crippen LogP contribution in [0.5, 0.6) is 0 Å². The van der Waals surface area contributed by atoms with E-state index in [0.29, 0.717) is 18.7 Å². The summed E-state index contributed by atoms with van der Waals surface area (Å²) in [6.07, 6.45) is 22.9. The van der Waals surface area contributed by atoms with Gasteiger partial charge in [0, 0.05) is 89.4 Å². The first kappa shape index (κ1) is 39.5. The van der Waals surface area contributed by atoms with Gasteiger partial charge in [-0.05, 0) is 31.9 Å². The van der Waals surface area contributed by atoms with E-state index in [0.717, 1.165) is 31.1 Å². The predicted octanol–water partition coefficient (Wildman–Crippen LogP) is 5.97. The Bertz CT molecular complexity index is 1540. The van der Waals surface area contributed by atoms with Crippen molar-refractivity contribution in [3.05, 3.63) is 105 Å². The summed E-state index contributed by atoms with van der Waals surface area (Å²) in [5.74, 6) is -0.347. The Morgan fingerprint density at radius 3 is 2.00 bits per heavy atom. The Morgan fingerprint density at radius 1 is 0.854 bits per heavy atom. The van der Waals surface area contributed by atoms with Crippen LogP contribution in [-0.2, 0) is 42.4 Å². The average Bonchev–Trinajstić information content (AvgIpc) is 3.96. The second-order valence-electron chi connectivity index (χ2n) is 10.4. The van der Waals surface area contributed by atoms with Gasteiger partial charge in [-0.2, -0.15) is 0 Å². The fourth-order valence-electron chi connectivity index (χ4n) is 4.13. The molecule has 1 aromatic carbocycles. The van der Waals surface area contributed by atoms with E-state index in [1.54, 1.807) is 76.6 Å². The van der Waals surface area contributed by atoms with Crippen LogP contribution in [0.4, 0.5) is 0 Å². The number of aromatic nitrogens is 8. The Balaban J connectivity index is 0.000000228. The molecule has 0 spiro atoms. The molecule has 0 saturated heterocycles. The van der Waals surface area contributed by atoms with E-state index in [9.17, 15) is 4.79 Å². The molecular formula is C34H50N8O5Si. The second kappa shape index (κ2) is 22.8. The van der Waals surface area contributed by atoms with Crippen LogP contribution < -0.4 is 0 Å². The van der Waals surface area contributed by atoms with Crippen LogP contribution in [0.2, 0.25) is 6.04 Å². The van der Waals surface area contributed by atoms with Crippen LogP contribution >= 0.6 is 0 Å². The lowest BCUT2D eigenvalue weighted by molar-refractivity contribution is -0.139. The van der Waals surface area contributed by atoms with Crippen molar-refractivity contribution < 1.29 is 22.8 Å². The van der Waals surface area contributed by atoms with Gasteiger partial charge in [-0.1, -0.05) is 38.6 Å². The summed E-state index contributed by atoms with van der Waals surface area (Å²) in [6.45, 7) is 13.8. The van der Waals surface area contributed by atoms with Crippen LogP contribution in [0.15, 0.2) is 105 Å². The molecule has 0 saturated carbocycles. The number of hydrogen-bond donors (Lipinski definition) is 0. The molecule has 13 nitrogen and oxygen atoms in total. The summed E-state index contributed by atoms with van der Waals surface area (Å²) in [5, 5.41) is 0. The first-order chi connectivity index (χ1) is 23.3. The Labute approximate surface area is 284 Å². The van der Waals surface area contributed by atoms with Crippen molar-refractivity contribution in [3.63, 3.8) is 0 Å². The molecule has 0 fully saturated rings. The zero-order valence-corrected chi connectivity index (χ0v) is 29.9. The highest BCUT2D eigenvalue weighted by Gasteiger charge is 2.36. The number of unbranched alkanes of at least 4 members (excludes halogenated alkanes) is 1. The Morgan fingerprint density at radius 2 is 1.48 bits per heavy atom. The van der Waals surface area contributed by atoms with Gasteiger partial charge in [0.15, 0.2) is 0 Å². The third-order valence-electron chi connectivity index (χ3n) is 6.90. The smallest absolute Gasteiger partial charge is 0.460 e. The third-order valence-corrected chi connectivity index (χ3v) is 9.73. The fourth-order valence-corrected chi connectivity index (χ4v) is 5.84. The third kappa shape index (κ3) is 14.4. The van der Waals surface area contributed by atoms with Crippen molar-refractivity contribution in [1.82, 2.24) is 38.2 Å². The van der Waals surface area contributed by atoms with Gasteiger partial charge in [-0.25, -0.2) is 24.7 Å². The molecule has 4 heterocycles. The molecule has 0 unspecified atom stereocenters. The highest BCUT2D eigenvalue weighted by Crippen LogP contribution is 2.15. The quantitative estimate of drug-likeness (QED) is 0.0748. The number of para-hydroxylation sites is 2. The topological polar surface area (TPSA) is 125 Å². The van der Waals surface area contributed by atoms with Crippen LogP contribution in [0.1, 0.15) is 33.1 Å². The summed E-state index contributed by atoms with van der Waals surface area (Å²) in [4.78, 5) is 26.9. The van der Waals surface area contributed by atoms with E-state index in [1.807, 2.05) is 40.1 Å². The number of esters is 1. The summed E-state index contributed by atoms with van der Waals surface area (Å²) < 4.78 is 28.7. The van der Waals surface area contributed by atoms with Gasteiger partial charge in [-0.3, -0.25) is 0 Å². The molecule has 0 aliphatic rings. The lowest BCUT2D eigenvalue weighted by Gasteiger charge is -2.24. The number of nitrogens with zero attached hydrogens (tertiary/aromatic N) is 8. The lowest BCUT2D eigenvalue weighted by atomic mass is 10.3. The summed E-state index contributed by atoms with van der Waals surface area (Å²) in [7, 11) is 2.52. The van der Waals surface area contributed by atoms with Crippen LogP contribution in [0.3, 0.4) is 0 Å². The molecule has 0 aliphatic carbocycles. The van der Waals surface area contributed by atoms with E-state index in [4.69, 9.17) is 18.0 Å². The maximum atomic E-state index is 10.9. The molecule has 5 rings (SSSR count). The Kier molecular flexibility index (Phi) is 18.8. The van der Waals surface area contributed by atoms with Crippen molar-refractivity contribution in [2.24, 2.45) is 0 Å². The monoisotopic (exact) mass is 678 g/mol. The van der Waals surface area contributed by atoms with Crippen LogP contribution in [0.25, 0.3) is 17.2 Å². The normalized spacial score (nSPS) is 10.5. The van der Waals surface area contributed by atoms with Crippen LogP contribution in [0, 0.1) is 0 Å². The van der Waals surface area contributed by atoms with Gasteiger partial charge in [0.05, 0.1) is 42.9 Å². The van der Waals surface area contributed by atoms with Crippen LogP contribution in [-0.4, -0.2) is 80.9 Å². The second-order valence-corrected chi connectivity index (χ2v) is 13.5. The van der Waals surface area contributed by atoms with E-state index in [-0.39, 0.29) is 5.97 Å². The van der Waals surface area contributed by atoms with E-state index in [1.165, 1.54) is 18.4 Å².